The highest BCUT2D eigenvalue weighted by atomic mass is 32.2. The number of sulfone groups is 1. The molecule has 1 heterocycles. The van der Waals surface area contributed by atoms with Gasteiger partial charge < -0.3 is 15.0 Å². The number of H-pyrrole nitrogens is 1. The highest BCUT2D eigenvalue weighted by Crippen LogP contribution is 2.31. The average Bonchev–Trinajstić information content (AvgIpc) is 3.18. The van der Waals surface area contributed by atoms with Crippen molar-refractivity contribution in [2.75, 3.05) is 25.2 Å². The number of carbonyl (C=O) groups is 1. The molecule has 1 amide bonds. The first kappa shape index (κ1) is 22.9. The fourth-order valence-electron chi connectivity index (χ4n) is 3.74. The van der Waals surface area contributed by atoms with Gasteiger partial charge in [-0.1, -0.05) is 50.1 Å². The molecule has 3 rings (SSSR count). The van der Waals surface area contributed by atoms with Crippen LogP contribution in [-0.4, -0.2) is 44.5 Å². The SMILES string of the molecule is CCCCCS(=O)(=O)CC(=O)NCC(c1ccc(OC)cc1)c1c[nH]c2ccccc12. The van der Waals surface area contributed by atoms with E-state index in [4.69, 9.17) is 4.74 Å². The number of hydrogen-bond donors (Lipinski definition) is 2. The molecular formula is C24H30N2O4S. The van der Waals surface area contributed by atoms with Gasteiger partial charge in [-0.3, -0.25) is 4.79 Å². The summed E-state index contributed by atoms with van der Waals surface area (Å²) in [5.41, 5.74) is 3.07. The lowest BCUT2D eigenvalue weighted by molar-refractivity contribution is -0.118. The van der Waals surface area contributed by atoms with E-state index in [0.717, 1.165) is 40.6 Å². The zero-order chi connectivity index (χ0) is 22.3. The first-order valence-corrected chi connectivity index (χ1v) is 12.4. The van der Waals surface area contributed by atoms with Crippen LogP contribution in [-0.2, 0) is 14.6 Å². The number of fused-ring (bicyclic) bond motifs is 1. The van der Waals surface area contributed by atoms with Gasteiger partial charge in [0.2, 0.25) is 5.91 Å². The van der Waals surface area contributed by atoms with Crippen LogP contribution in [0.1, 0.15) is 43.2 Å². The quantitative estimate of drug-likeness (QED) is 0.439. The summed E-state index contributed by atoms with van der Waals surface area (Å²) in [5.74, 6) is -0.259. The van der Waals surface area contributed by atoms with Crippen molar-refractivity contribution in [1.29, 1.82) is 0 Å². The van der Waals surface area contributed by atoms with E-state index in [9.17, 15) is 13.2 Å². The largest absolute Gasteiger partial charge is 0.497 e. The van der Waals surface area contributed by atoms with E-state index in [-0.39, 0.29) is 11.7 Å². The summed E-state index contributed by atoms with van der Waals surface area (Å²) >= 11 is 0. The molecule has 166 valence electrons. The maximum absolute atomic E-state index is 12.4. The van der Waals surface area contributed by atoms with Crippen molar-refractivity contribution >= 4 is 26.6 Å². The number of para-hydroxylation sites is 1. The molecule has 0 saturated heterocycles. The Bertz CT molecular complexity index is 1100. The van der Waals surface area contributed by atoms with E-state index in [1.165, 1.54) is 0 Å². The van der Waals surface area contributed by atoms with Gasteiger partial charge in [0.05, 0.1) is 12.9 Å². The highest BCUT2D eigenvalue weighted by molar-refractivity contribution is 7.92. The number of unbranched alkanes of at least 4 members (excludes halogenated alkanes) is 2. The zero-order valence-electron chi connectivity index (χ0n) is 18.1. The molecule has 0 fully saturated rings. The Morgan fingerprint density at radius 3 is 2.55 bits per heavy atom. The Morgan fingerprint density at radius 2 is 1.84 bits per heavy atom. The summed E-state index contributed by atoms with van der Waals surface area (Å²) in [5, 5.41) is 3.92. The molecule has 7 heteroatoms. The van der Waals surface area contributed by atoms with E-state index in [0.29, 0.717) is 13.0 Å². The van der Waals surface area contributed by atoms with Gasteiger partial charge in [-0.15, -0.1) is 0 Å². The number of methoxy groups -OCH3 is 1. The van der Waals surface area contributed by atoms with Crippen LogP contribution in [0.2, 0.25) is 0 Å². The molecule has 2 aromatic carbocycles. The summed E-state index contributed by atoms with van der Waals surface area (Å²) < 4.78 is 29.7. The smallest absolute Gasteiger partial charge is 0.235 e. The molecule has 0 radical (unpaired) electrons. The van der Waals surface area contributed by atoms with Gasteiger partial charge in [0, 0.05) is 29.6 Å². The molecule has 1 atom stereocenters. The second kappa shape index (κ2) is 10.5. The normalized spacial score (nSPS) is 12.6. The van der Waals surface area contributed by atoms with E-state index in [2.05, 4.69) is 10.3 Å². The highest BCUT2D eigenvalue weighted by Gasteiger charge is 2.21. The molecule has 3 aromatic rings. The predicted molar refractivity (Wildman–Crippen MR) is 124 cm³/mol. The number of carbonyl (C=O) groups excluding carboxylic acids is 1. The van der Waals surface area contributed by atoms with E-state index < -0.39 is 21.5 Å². The Labute approximate surface area is 183 Å². The van der Waals surface area contributed by atoms with E-state index >= 15 is 0 Å². The van der Waals surface area contributed by atoms with Crippen molar-refractivity contribution in [3.63, 3.8) is 0 Å². The Morgan fingerprint density at radius 1 is 1.10 bits per heavy atom. The Kier molecular flexibility index (Phi) is 7.74. The van der Waals surface area contributed by atoms with Crippen LogP contribution < -0.4 is 10.1 Å². The molecule has 0 saturated carbocycles. The van der Waals surface area contributed by atoms with Crippen molar-refractivity contribution in [3.8, 4) is 5.75 Å². The van der Waals surface area contributed by atoms with Gasteiger partial charge in [0.25, 0.3) is 0 Å². The number of rotatable bonds is 11. The van der Waals surface area contributed by atoms with Gasteiger partial charge in [-0.05, 0) is 35.7 Å². The van der Waals surface area contributed by atoms with Crippen LogP contribution in [0, 0.1) is 0 Å². The van der Waals surface area contributed by atoms with Crippen molar-refractivity contribution in [2.24, 2.45) is 0 Å². The minimum absolute atomic E-state index is 0.0542. The second-order valence-electron chi connectivity index (χ2n) is 7.72. The maximum Gasteiger partial charge on any atom is 0.235 e. The van der Waals surface area contributed by atoms with Gasteiger partial charge in [0.1, 0.15) is 11.5 Å². The van der Waals surface area contributed by atoms with Gasteiger partial charge in [-0.2, -0.15) is 0 Å². The fourth-order valence-corrected chi connectivity index (χ4v) is 5.03. The number of hydrogen-bond acceptors (Lipinski definition) is 4. The standard InChI is InChI=1S/C24H30N2O4S/c1-3-4-7-14-31(28,29)17-24(27)26-15-21(18-10-12-19(30-2)13-11-18)22-16-25-23-9-6-5-8-20(22)23/h5-6,8-13,16,21,25H,3-4,7,14-15,17H2,1-2H3,(H,26,27). The summed E-state index contributed by atoms with van der Waals surface area (Å²) in [6, 6.07) is 15.7. The van der Waals surface area contributed by atoms with Crippen molar-refractivity contribution in [2.45, 2.75) is 32.1 Å². The molecule has 0 aliphatic rings. The lowest BCUT2D eigenvalue weighted by Crippen LogP contribution is -2.34. The first-order chi connectivity index (χ1) is 14.9. The molecule has 2 N–H and O–H groups in total. The molecule has 31 heavy (non-hydrogen) atoms. The number of benzene rings is 2. The molecular weight excluding hydrogens is 412 g/mol. The van der Waals surface area contributed by atoms with Crippen LogP contribution in [0.5, 0.6) is 5.75 Å². The summed E-state index contributed by atoms with van der Waals surface area (Å²) in [4.78, 5) is 15.7. The lowest BCUT2D eigenvalue weighted by atomic mass is 9.91. The van der Waals surface area contributed by atoms with Crippen molar-refractivity contribution in [3.05, 3.63) is 65.9 Å². The third-order valence-electron chi connectivity index (χ3n) is 5.43. The van der Waals surface area contributed by atoms with Crippen molar-refractivity contribution < 1.29 is 17.9 Å². The first-order valence-electron chi connectivity index (χ1n) is 10.6. The van der Waals surface area contributed by atoms with E-state index in [1.807, 2.05) is 61.7 Å². The van der Waals surface area contributed by atoms with Gasteiger partial charge in [0.15, 0.2) is 9.84 Å². The van der Waals surface area contributed by atoms with Crippen LogP contribution in [0.4, 0.5) is 0 Å². The average molecular weight is 443 g/mol. The fraction of sp³-hybridized carbons (Fsp3) is 0.375. The lowest BCUT2D eigenvalue weighted by Gasteiger charge is -2.19. The van der Waals surface area contributed by atoms with Crippen LogP contribution in [0.3, 0.4) is 0 Å². The number of amides is 1. The molecule has 0 bridgehead atoms. The number of ether oxygens (including phenoxy) is 1. The van der Waals surface area contributed by atoms with Crippen LogP contribution in [0.25, 0.3) is 10.9 Å². The van der Waals surface area contributed by atoms with Gasteiger partial charge >= 0.3 is 0 Å². The topological polar surface area (TPSA) is 88.3 Å². The second-order valence-corrected chi connectivity index (χ2v) is 9.90. The zero-order valence-corrected chi connectivity index (χ0v) is 18.9. The minimum Gasteiger partial charge on any atom is -0.497 e. The van der Waals surface area contributed by atoms with Crippen molar-refractivity contribution in [1.82, 2.24) is 10.3 Å². The predicted octanol–water partition coefficient (Wildman–Crippen LogP) is 4.03. The summed E-state index contributed by atoms with van der Waals surface area (Å²) in [6.07, 6.45) is 4.33. The van der Waals surface area contributed by atoms with E-state index in [1.54, 1.807) is 7.11 Å². The third-order valence-corrected chi connectivity index (χ3v) is 7.04. The Hall–Kier alpha value is -2.80. The summed E-state index contributed by atoms with van der Waals surface area (Å²) in [7, 11) is -1.78. The Balaban J connectivity index is 1.78. The van der Waals surface area contributed by atoms with Crippen LogP contribution in [0.15, 0.2) is 54.7 Å². The monoisotopic (exact) mass is 442 g/mol. The number of aromatic amines is 1. The summed E-state index contributed by atoms with van der Waals surface area (Å²) in [6.45, 7) is 2.32. The van der Waals surface area contributed by atoms with Crippen LogP contribution >= 0.6 is 0 Å². The molecule has 0 spiro atoms. The third kappa shape index (κ3) is 6.10. The molecule has 1 unspecified atom stereocenters. The maximum atomic E-state index is 12.4. The molecule has 1 aromatic heterocycles. The van der Waals surface area contributed by atoms with Gasteiger partial charge in [-0.25, -0.2) is 8.42 Å². The number of nitrogens with one attached hydrogen (secondary N) is 2. The molecule has 0 aliphatic heterocycles. The minimum atomic E-state index is -3.40. The number of aromatic nitrogens is 1. The molecule has 6 nitrogen and oxygen atoms in total. The molecule has 0 aliphatic carbocycles.